The maximum Gasteiger partial charge on any atom is 0.432 e. The predicted molar refractivity (Wildman–Crippen MR) is 108 cm³/mol. The van der Waals surface area contributed by atoms with Crippen molar-refractivity contribution in [1.29, 1.82) is 0 Å². The number of rotatable bonds is 5. The molecule has 9 heteroatoms. The molecule has 0 fully saturated rings. The van der Waals surface area contributed by atoms with Crippen LogP contribution in [0.3, 0.4) is 0 Å². The summed E-state index contributed by atoms with van der Waals surface area (Å²) in [6.07, 6.45) is -4.67. The first kappa shape index (κ1) is 23.3. The van der Waals surface area contributed by atoms with Gasteiger partial charge in [0.1, 0.15) is 28.8 Å². The van der Waals surface area contributed by atoms with Crippen LogP contribution in [0.4, 0.5) is 35.1 Å². The fourth-order valence-corrected chi connectivity index (χ4v) is 3.31. The second-order valence-electron chi connectivity index (χ2n) is 7.22. The van der Waals surface area contributed by atoms with E-state index in [1.807, 2.05) is 0 Å². The molecule has 0 aliphatic carbocycles. The molecular weight excluding hydrogens is 468 g/mol. The third kappa shape index (κ3) is 4.59. The lowest BCUT2D eigenvalue weighted by Crippen LogP contribution is -2.25. The third-order valence-corrected chi connectivity index (χ3v) is 4.93. The van der Waals surface area contributed by atoms with E-state index in [2.05, 4.69) is 4.74 Å². The van der Waals surface area contributed by atoms with Crippen molar-refractivity contribution in [2.45, 2.75) is 6.11 Å². The number of halogens is 8. The first-order valence-electron chi connectivity index (χ1n) is 9.62. The highest BCUT2D eigenvalue weighted by atomic mass is 19.3. The number of hydrogen-bond acceptors (Lipinski definition) is 1. The zero-order valence-corrected chi connectivity index (χ0v) is 16.9. The van der Waals surface area contributed by atoms with Crippen molar-refractivity contribution in [3.05, 3.63) is 113 Å². The molecule has 0 radical (unpaired) electrons. The van der Waals surface area contributed by atoms with E-state index < -0.39 is 52.3 Å². The molecule has 0 aliphatic heterocycles. The van der Waals surface area contributed by atoms with E-state index in [0.717, 1.165) is 0 Å². The summed E-state index contributed by atoms with van der Waals surface area (Å²) in [7, 11) is 0. The van der Waals surface area contributed by atoms with Crippen LogP contribution < -0.4 is 4.74 Å². The van der Waals surface area contributed by atoms with Crippen molar-refractivity contribution in [1.82, 2.24) is 0 Å². The molecule has 1 nitrogen and oxygen atoms in total. The minimum atomic E-state index is -4.67. The summed E-state index contributed by atoms with van der Waals surface area (Å²) < 4.78 is 115. The Labute approximate surface area is 187 Å². The molecule has 0 aliphatic rings. The number of hydrogen-bond donors (Lipinski definition) is 0. The molecule has 174 valence electrons. The summed E-state index contributed by atoms with van der Waals surface area (Å²) in [6.45, 7) is 0. The molecule has 0 N–H and O–H groups in total. The molecule has 0 unspecified atom stereocenters. The van der Waals surface area contributed by atoms with Crippen molar-refractivity contribution in [2.75, 3.05) is 0 Å². The van der Waals surface area contributed by atoms with Crippen LogP contribution in [0, 0.1) is 34.9 Å². The van der Waals surface area contributed by atoms with E-state index >= 15 is 0 Å². The average Bonchev–Trinajstić information content (AvgIpc) is 2.77. The van der Waals surface area contributed by atoms with Gasteiger partial charge in [-0.25, -0.2) is 26.3 Å². The first-order valence-corrected chi connectivity index (χ1v) is 9.62. The van der Waals surface area contributed by atoms with Crippen molar-refractivity contribution in [3.8, 4) is 28.0 Å². The van der Waals surface area contributed by atoms with Gasteiger partial charge in [-0.1, -0.05) is 36.4 Å². The zero-order valence-electron chi connectivity index (χ0n) is 16.9. The lowest BCUT2D eigenvalue weighted by Gasteiger charge is -2.20. The molecule has 0 saturated carbocycles. The molecule has 4 aromatic rings. The number of benzene rings is 4. The molecule has 0 saturated heterocycles. The normalized spacial score (nSPS) is 11.5. The number of alkyl halides is 2. The monoisotopic (exact) mass is 480 g/mol. The van der Waals surface area contributed by atoms with Gasteiger partial charge in [-0.05, 0) is 46.5 Å². The van der Waals surface area contributed by atoms with E-state index in [1.54, 1.807) is 24.3 Å². The molecule has 0 bridgehead atoms. The Bertz CT molecular complexity index is 1300. The van der Waals surface area contributed by atoms with Crippen LogP contribution in [0.2, 0.25) is 0 Å². The topological polar surface area (TPSA) is 9.23 Å². The van der Waals surface area contributed by atoms with E-state index in [0.29, 0.717) is 28.8 Å². The fourth-order valence-electron chi connectivity index (χ4n) is 3.31. The van der Waals surface area contributed by atoms with Crippen molar-refractivity contribution >= 4 is 0 Å². The van der Waals surface area contributed by atoms with E-state index in [-0.39, 0.29) is 17.7 Å². The highest BCUT2D eigenvalue weighted by Gasteiger charge is 2.41. The van der Waals surface area contributed by atoms with Gasteiger partial charge in [0.15, 0.2) is 17.5 Å². The van der Waals surface area contributed by atoms with E-state index in [1.165, 1.54) is 24.3 Å². The van der Waals surface area contributed by atoms with E-state index in [9.17, 15) is 35.1 Å². The smallest absolute Gasteiger partial charge is 0.429 e. The largest absolute Gasteiger partial charge is 0.432 e. The van der Waals surface area contributed by atoms with Gasteiger partial charge in [0.05, 0.1) is 0 Å². The number of ether oxygens (including phenoxy) is 1. The summed E-state index contributed by atoms with van der Waals surface area (Å²) in [5.41, 5.74) is -0.198. The van der Waals surface area contributed by atoms with Gasteiger partial charge >= 0.3 is 6.11 Å². The van der Waals surface area contributed by atoms with Crippen LogP contribution in [0.1, 0.15) is 5.56 Å². The minimum absolute atomic E-state index is 0.0703. The lowest BCUT2D eigenvalue weighted by atomic mass is 9.99. The summed E-state index contributed by atoms with van der Waals surface area (Å²) >= 11 is 0. The van der Waals surface area contributed by atoms with Gasteiger partial charge in [-0.3, -0.25) is 0 Å². The Kier molecular flexibility index (Phi) is 6.03. The van der Waals surface area contributed by atoms with Crippen LogP contribution in [0.15, 0.2) is 72.8 Å². The molecule has 4 aromatic carbocycles. The summed E-state index contributed by atoms with van der Waals surface area (Å²) in [6, 6.07) is 13.3. The van der Waals surface area contributed by atoms with Gasteiger partial charge in [0.2, 0.25) is 0 Å². The molecule has 0 amide bonds. The van der Waals surface area contributed by atoms with Gasteiger partial charge in [-0.2, -0.15) is 8.78 Å². The summed E-state index contributed by atoms with van der Waals surface area (Å²) in [4.78, 5) is 0. The SMILES string of the molecule is Fc1ccc(-c2ccc(-c3cc(F)c(C(F)(F)Oc4cc(F)c(F)c(F)c4)c(F)c3)cc2)cc1. The maximum absolute atomic E-state index is 14.6. The van der Waals surface area contributed by atoms with E-state index in [4.69, 9.17) is 0 Å². The Morgan fingerprint density at radius 1 is 0.500 bits per heavy atom. The first-order chi connectivity index (χ1) is 16.0. The van der Waals surface area contributed by atoms with Crippen LogP contribution in [0.25, 0.3) is 22.3 Å². The van der Waals surface area contributed by atoms with Crippen LogP contribution in [0.5, 0.6) is 5.75 Å². The molecular formula is C25H12F8O. The zero-order chi connectivity index (χ0) is 24.6. The Morgan fingerprint density at radius 2 is 0.912 bits per heavy atom. The highest BCUT2D eigenvalue weighted by molar-refractivity contribution is 5.70. The minimum Gasteiger partial charge on any atom is -0.429 e. The quantitative estimate of drug-likeness (QED) is 0.208. The van der Waals surface area contributed by atoms with Crippen LogP contribution in [-0.2, 0) is 6.11 Å². The van der Waals surface area contributed by atoms with Crippen molar-refractivity contribution in [3.63, 3.8) is 0 Å². The van der Waals surface area contributed by atoms with Gasteiger partial charge in [-0.15, -0.1) is 0 Å². The molecule has 0 heterocycles. The lowest BCUT2D eigenvalue weighted by molar-refractivity contribution is -0.189. The van der Waals surface area contributed by atoms with Crippen molar-refractivity contribution < 1.29 is 39.9 Å². The molecule has 0 spiro atoms. The molecule has 0 aromatic heterocycles. The van der Waals surface area contributed by atoms with Gasteiger partial charge < -0.3 is 4.74 Å². The predicted octanol–water partition coefficient (Wildman–Crippen LogP) is 7.98. The second kappa shape index (κ2) is 8.81. The Balaban J connectivity index is 1.63. The fraction of sp³-hybridized carbons (Fsp3) is 0.0400. The average molecular weight is 480 g/mol. The second-order valence-corrected chi connectivity index (χ2v) is 7.22. The maximum atomic E-state index is 14.6. The molecule has 4 rings (SSSR count). The van der Waals surface area contributed by atoms with Crippen LogP contribution in [-0.4, -0.2) is 0 Å². The Hall–Kier alpha value is -3.88. The molecule has 0 atom stereocenters. The highest BCUT2D eigenvalue weighted by Crippen LogP contribution is 2.38. The summed E-state index contributed by atoms with van der Waals surface area (Å²) in [5, 5.41) is 0. The standard InChI is InChI=1S/C25H12F8O/c26-17-7-5-14(6-8-17)13-1-3-15(4-2-13)16-9-19(27)23(20(28)10-16)25(32,33)34-18-11-21(29)24(31)22(30)12-18/h1-12H. The van der Waals surface area contributed by atoms with Crippen molar-refractivity contribution in [2.24, 2.45) is 0 Å². The van der Waals surface area contributed by atoms with Gasteiger partial charge in [0.25, 0.3) is 0 Å². The Morgan fingerprint density at radius 3 is 1.38 bits per heavy atom. The van der Waals surface area contributed by atoms with Crippen LogP contribution >= 0.6 is 0 Å². The third-order valence-electron chi connectivity index (χ3n) is 4.93. The van der Waals surface area contributed by atoms with Gasteiger partial charge in [0, 0.05) is 12.1 Å². The molecule has 34 heavy (non-hydrogen) atoms. The summed E-state index contributed by atoms with van der Waals surface area (Å²) in [5.74, 6) is -10.5.